The van der Waals surface area contributed by atoms with Gasteiger partial charge in [0.2, 0.25) is 11.8 Å². The number of ether oxygens (including phenoxy) is 1. The van der Waals surface area contributed by atoms with Crippen molar-refractivity contribution in [3.8, 4) is 17.2 Å². The van der Waals surface area contributed by atoms with Gasteiger partial charge in [0.25, 0.3) is 0 Å². The van der Waals surface area contributed by atoms with Crippen molar-refractivity contribution in [1.82, 2.24) is 10.2 Å². The highest BCUT2D eigenvalue weighted by Gasteiger charge is 2.09. The summed E-state index contributed by atoms with van der Waals surface area (Å²) in [6, 6.07) is 15.1. The lowest BCUT2D eigenvalue weighted by atomic mass is 10.1. The highest BCUT2D eigenvalue weighted by molar-refractivity contribution is 6.30. The van der Waals surface area contributed by atoms with Crippen LogP contribution in [0.3, 0.4) is 0 Å². The lowest BCUT2D eigenvalue weighted by molar-refractivity contribution is 0.414. The summed E-state index contributed by atoms with van der Waals surface area (Å²) in [6.45, 7) is 0. The molecule has 4 nitrogen and oxygen atoms in total. The van der Waals surface area contributed by atoms with E-state index in [1.54, 1.807) is 19.2 Å². The fourth-order valence-corrected chi connectivity index (χ4v) is 2.17. The van der Waals surface area contributed by atoms with Crippen molar-refractivity contribution in [1.29, 1.82) is 0 Å². The van der Waals surface area contributed by atoms with Crippen LogP contribution in [-0.4, -0.2) is 17.3 Å². The van der Waals surface area contributed by atoms with Crippen molar-refractivity contribution in [2.24, 2.45) is 0 Å². The third kappa shape index (κ3) is 3.23. The molecule has 0 amide bonds. The maximum Gasteiger partial charge on any atom is 0.247 e. The van der Waals surface area contributed by atoms with Crippen molar-refractivity contribution < 1.29 is 9.15 Å². The molecule has 1 heterocycles. The lowest BCUT2D eigenvalue weighted by Gasteiger charge is -2.00. The number of aromatic nitrogens is 2. The van der Waals surface area contributed by atoms with Gasteiger partial charge in [-0.25, -0.2) is 0 Å². The van der Waals surface area contributed by atoms with Crippen LogP contribution < -0.4 is 4.74 Å². The molecule has 0 unspecified atom stereocenters. The molecule has 0 atom stereocenters. The molecule has 0 aliphatic heterocycles. The van der Waals surface area contributed by atoms with Crippen LogP contribution in [0.25, 0.3) is 11.5 Å². The molecule has 0 fully saturated rings. The Kier molecular flexibility index (Phi) is 3.88. The first-order chi connectivity index (χ1) is 10.2. The second-order valence-electron chi connectivity index (χ2n) is 4.54. The number of halogens is 1. The van der Waals surface area contributed by atoms with Crippen LogP contribution in [0.15, 0.2) is 52.9 Å². The van der Waals surface area contributed by atoms with Crippen LogP contribution in [0.1, 0.15) is 11.5 Å². The summed E-state index contributed by atoms with van der Waals surface area (Å²) in [7, 11) is 1.64. The second-order valence-corrected chi connectivity index (χ2v) is 4.97. The molecule has 0 saturated heterocycles. The summed E-state index contributed by atoms with van der Waals surface area (Å²) < 4.78 is 10.8. The fourth-order valence-electron chi connectivity index (χ4n) is 1.98. The molecule has 106 valence electrons. The summed E-state index contributed by atoms with van der Waals surface area (Å²) in [6.07, 6.45) is 0.581. The summed E-state index contributed by atoms with van der Waals surface area (Å²) in [5.41, 5.74) is 1.90. The van der Waals surface area contributed by atoms with Crippen LogP contribution >= 0.6 is 11.6 Å². The number of hydrogen-bond donors (Lipinski definition) is 0. The minimum atomic E-state index is 0.473. The first kappa shape index (κ1) is 13.6. The Balaban J connectivity index is 1.78. The Morgan fingerprint density at radius 3 is 2.62 bits per heavy atom. The third-order valence-corrected chi connectivity index (χ3v) is 3.29. The Morgan fingerprint density at radius 2 is 1.90 bits per heavy atom. The number of nitrogens with zero attached hydrogens (tertiary/aromatic N) is 2. The Labute approximate surface area is 127 Å². The molecular weight excluding hydrogens is 288 g/mol. The monoisotopic (exact) mass is 300 g/mol. The van der Waals surface area contributed by atoms with Crippen molar-refractivity contribution >= 4 is 11.6 Å². The lowest BCUT2D eigenvalue weighted by Crippen LogP contribution is -1.89. The zero-order valence-corrected chi connectivity index (χ0v) is 12.2. The van der Waals surface area contributed by atoms with E-state index in [0.29, 0.717) is 23.2 Å². The van der Waals surface area contributed by atoms with Gasteiger partial charge in [0, 0.05) is 10.6 Å². The van der Waals surface area contributed by atoms with Gasteiger partial charge < -0.3 is 9.15 Å². The standard InChI is InChI=1S/C16H13ClN2O2/c1-20-14-7-5-11(6-8-14)9-15-18-19-16(21-15)12-3-2-4-13(17)10-12/h2-8,10H,9H2,1H3. The number of methoxy groups -OCH3 is 1. The maximum absolute atomic E-state index is 5.96. The Morgan fingerprint density at radius 1 is 1.10 bits per heavy atom. The van der Waals surface area contributed by atoms with E-state index in [9.17, 15) is 0 Å². The number of benzene rings is 2. The van der Waals surface area contributed by atoms with E-state index in [-0.39, 0.29) is 0 Å². The molecule has 0 saturated carbocycles. The van der Waals surface area contributed by atoms with E-state index in [2.05, 4.69) is 10.2 Å². The van der Waals surface area contributed by atoms with Gasteiger partial charge in [0.05, 0.1) is 13.5 Å². The number of rotatable bonds is 4. The van der Waals surface area contributed by atoms with Crippen LogP contribution in [0, 0.1) is 0 Å². The van der Waals surface area contributed by atoms with E-state index in [1.165, 1.54) is 0 Å². The molecule has 0 aliphatic carbocycles. The Bertz CT molecular complexity index is 738. The van der Waals surface area contributed by atoms with Crippen molar-refractivity contribution in [2.45, 2.75) is 6.42 Å². The van der Waals surface area contributed by atoms with Crippen LogP contribution in [0.4, 0.5) is 0 Å². The predicted molar refractivity (Wildman–Crippen MR) is 80.5 cm³/mol. The SMILES string of the molecule is COc1ccc(Cc2nnc(-c3cccc(Cl)c3)o2)cc1. The highest BCUT2D eigenvalue weighted by Crippen LogP contribution is 2.22. The van der Waals surface area contributed by atoms with Gasteiger partial charge in [-0.2, -0.15) is 0 Å². The van der Waals surface area contributed by atoms with Crippen LogP contribution in [0.5, 0.6) is 5.75 Å². The fraction of sp³-hybridized carbons (Fsp3) is 0.125. The first-order valence-electron chi connectivity index (χ1n) is 6.46. The molecular formula is C16H13ClN2O2. The second kappa shape index (κ2) is 5.97. The molecule has 3 rings (SSSR count). The maximum atomic E-state index is 5.96. The number of hydrogen-bond acceptors (Lipinski definition) is 4. The topological polar surface area (TPSA) is 48.2 Å². The van der Waals surface area contributed by atoms with Crippen molar-refractivity contribution in [3.05, 3.63) is 65.0 Å². The van der Waals surface area contributed by atoms with E-state index in [4.69, 9.17) is 20.8 Å². The zero-order valence-electron chi connectivity index (χ0n) is 11.4. The molecule has 5 heteroatoms. The first-order valence-corrected chi connectivity index (χ1v) is 6.83. The van der Waals surface area contributed by atoms with Gasteiger partial charge in [0.15, 0.2) is 0 Å². The molecule has 3 aromatic rings. The van der Waals surface area contributed by atoms with Crippen LogP contribution in [0.2, 0.25) is 5.02 Å². The van der Waals surface area contributed by atoms with Gasteiger partial charge in [-0.05, 0) is 35.9 Å². The molecule has 2 aromatic carbocycles. The van der Waals surface area contributed by atoms with E-state index < -0.39 is 0 Å². The van der Waals surface area contributed by atoms with E-state index in [1.807, 2.05) is 36.4 Å². The minimum Gasteiger partial charge on any atom is -0.497 e. The van der Waals surface area contributed by atoms with Gasteiger partial charge in [-0.15, -0.1) is 10.2 Å². The van der Waals surface area contributed by atoms with Crippen molar-refractivity contribution in [3.63, 3.8) is 0 Å². The summed E-state index contributed by atoms with van der Waals surface area (Å²) in [4.78, 5) is 0. The summed E-state index contributed by atoms with van der Waals surface area (Å²) in [5, 5.41) is 8.77. The predicted octanol–water partition coefficient (Wildman–Crippen LogP) is 3.99. The average molecular weight is 301 g/mol. The van der Waals surface area contributed by atoms with E-state index >= 15 is 0 Å². The molecule has 0 aliphatic rings. The molecule has 1 aromatic heterocycles. The van der Waals surface area contributed by atoms with Gasteiger partial charge in [0.1, 0.15) is 5.75 Å². The minimum absolute atomic E-state index is 0.473. The van der Waals surface area contributed by atoms with Gasteiger partial charge in [-0.3, -0.25) is 0 Å². The summed E-state index contributed by atoms with van der Waals surface area (Å²) in [5.74, 6) is 1.86. The summed E-state index contributed by atoms with van der Waals surface area (Å²) >= 11 is 5.96. The zero-order chi connectivity index (χ0) is 14.7. The quantitative estimate of drug-likeness (QED) is 0.731. The average Bonchev–Trinajstić information content (AvgIpc) is 2.97. The molecule has 0 radical (unpaired) electrons. The van der Waals surface area contributed by atoms with Crippen molar-refractivity contribution in [2.75, 3.05) is 7.11 Å². The third-order valence-electron chi connectivity index (χ3n) is 3.05. The molecule has 21 heavy (non-hydrogen) atoms. The molecule has 0 spiro atoms. The van der Waals surface area contributed by atoms with Gasteiger partial charge in [-0.1, -0.05) is 29.8 Å². The van der Waals surface area contributed by atoms with E-state index in [0.717, 1.165) is 16.9 Å². The Hall–Kier alpha value is -2.33. The normalized spacial score (nSPS) is 10.6. The highest BCUT2D eigenvalue weighted by atomic mass is 35.5. The smallest absolute Gasteiger partial charge is 0.247 e. The van der Waals surface area contributed by atoms with Crippen LogP contribution in [-0.2, 0) is 6.42 Å². The van der Waals surface area contributed by atoms with Gasteiger partial charge >= 0.3 is 0 Å². The molecule has 0 N–H and O–H groups in total. The molecule has 0 bridgehead atoms. The largest absolute Gasteiger partial charge is 0.497 e.